The first kappa shape index (κ1) is 17.8. The molecule has 0 bridgehead atoms. The molecule has 2 aromatic rings. The highest BCUT2D eigenvalue weighted by atomic mass is 35.5. The number of rotatable bonds is 3. The van der Waals surface area contributed by atoms with Crippen LogP contribution in [-0.2, 0) is 11.2 Å². The maximum absolute atomic E-state index is 12.7. The van der Waals surface area contributed by atoms with Crippen molar-refractivity contribution in [1.29, 1.82) is 0 Å². The first-order chi connectivity index (χ1) is 10.6. The molecule has 1 fully saturated rings. The van der Waals surface area contributed by atoms with Gasteiger partial charge in [-0.2, -0.15) is 0 Å². The molecule has 2 N–H and O–H groups in total. The molecule has 5 heteroatoms. The molecule has 1 aromatic heterocycles. The van der Waals surface area contributed by atoms with Gasteiger partial charge in [-0.05, 0) is 44.2 Å². The highest BCUT2D eigenvalue weighted by molar-refractivity contribution is 5.89. The Hall–Kier alpha value is -1.52. The number of benzene rings is 1. The molecular formula is C18H25ClN2O2. The van der Waals surface area contributed by atoms with Crippen LogP contribution in [0, 0.1) is 13.8 Å². The summed E-state index contributed by atoms with van der Waals surface area (Å²) in [6.45, 7) is 5.51. The predicted octanol–water partition coefficient (Wildman–Crippen LogP) is 3.35. The number of nitrogens with two attached hydrogens (primary N) is 1. The molecule has 1 unspecified atom stereocenters. The van der Waals surface area contributed by atoms with Crippen molar-refractivity contribution in [3.63, 3.8) is 0 Å². The maximum Gasteiger partial charge on any atom is 0.227 e. The van der Waals surface area contributed by atoms with Crippen molar-refractivity contribution in [2.24, 2.45) is 5.73 Å². The predicted molar refractivity (Wildman–Crippen MR) is 95.0 cm³/mol. The van der Waals surface area contributed by atoms with Crippen LogP contribution in [0.4, 0.5) is 0 Å². The zero-order valence-electron chi connectivity index (χ0n) is 13.8. The number of aryl methyl sites for hydroxylation is 2. The second-order valence-corrected chi connectivity index (χ2v) is 6.29. The van der Waals surface area contributed by atoms with E-state index in [4.69, 9.17) is 10.2 Å². The molecule has 0 saturated carbocycles. The largest absolute Gasteiger partial charge is 0.464 e. The molecule has 126 valence electrons. The van der Waals surface area contributed by atoms with Crippen molar-refractivity contribution in [1.82, 2.24) is 4.90 Å². The Morgan fingerprint density at radius 3 is 2.87 bits per heavy atom. The second-order valence-electron chi connectivity index (χ2n) is 6.29. The molecule has 3 rings (SSSR count). The number of likely N-dealkylation sites (tertiary alicyclic amines) is 1. The van der Waals surface area contributed by atoms with Gasteiger partial charge in [0.15, 0.2) is 0 Å². The van der Waals surface area contributed by atoms with Crippen molar-refractivity contribution in [2.75, 3.05) is 13.1 Å². The van der Waals surface area contributed by atoms with Crippen LogP contribution in [-0.4, -0.2) is 29.9 Å². The highest BCUT2D eigenvalue weighted by Crippen LogP contribution is 2.27. The summed E-state index contributed by atoms with van der Waals surface area (Å²) in [6, 6.07) is 4.34. The Bertz CT molecular complexity index is 696. The maximum atomic E-state index is 12.7. The number of carbonyl (C=O) groups excluding carboxylic acids is 1. The Morgan fingerprint density at radius 2 is 2.13 bits per heavy atom. The lowest BCUT2D eigenvalue weighted by Gasteiger charge is -2.35. The molecule has 23 heavy (non-hydrogen) atoms. The van der Waals surface area contributed by atoms with E-state index in [0.717, 1.165) is 41.5 Å². The highest BCUT2D eigenvalue weighted by Gasteiger charge is 2.26. The third-order valence-corrected chi connectivity index (χ3v) is 4.90. The fourth-order valence-electron chi connectivity index (χ4n) is 3.36. The number of carbonyl (C=O) groups is 1. The van der Waals surface area contributed by atoms with E-state index >= 15 is 0 Å². The second kappa shape index (κ2) is 7.37. The van der Waals surface area contributed by atoms with Crippen LogP contribution < -0.4 is 5.73 Å². The van der Waals surface area contributed by atoms with Crippen LogP contribution in [0.1, 0.15) is 36.0 Å². The number of furan rings is 1. The lowest BCUT2D eigenvalue weighted by atomic mass is 10.00. The third kappa shape index (κ3) is 3.38. The summed E-state index contributed by atoms with van der Waals surface area (Å²) in [5.41, 5.74) is 10.1. The quantitative estimate of drug-likeness (QED) is 0.935. The van der Waals surface area contributed by atoms with Crippen LogP contribution >= 0.6 is 12.4 Å². The Morgan fingerprint density at radius 1 is 1.35 bits per heavy atom. The first-order valence-corrected chi connectivity index (χ1v) is 8.07. The van der Waals surface area contributed by atoms with Gasteiger partial charge in [0.1, 0.15) is 5.58 Å². The summed E-state index contributed by atoms with van der Waals surface area (Å²) in [5, 5.41) is 1.05. The lowest BCUT2D eigenvalue weighted by Crippen LogP contribution is -2.48. The van der Waals surface area contributed by atoms with E-state index in [2.05, 4.69) is 26.0 Å². The van der Waals surface area contributed by atoms with Crippen molar-refractivity contribution < 1.29 is 9.21 Å². The summed E-state index contributed by atoms with van der Waals surface area (Å²) >= 11 is 0. The van der Waals surface area contributed by atoms with E-state index in [1.54, 1.807) is 6.26 Å². The summed E-state index contributed by atoms with van der Waals surface area (Å²) in [4.78, 5) is 14.6. The topological polar surface area (TPSA) is 59.5 Å². The molecule has 2 heterocycles. The number of halogens is 1. The normalized spacial score (nSPS) is 18.0. The zero-order valence-corrected chi connectivity index (χ0v) is 14.6. The summed E-state index contributed by atoms with van der Waals surface area (Å²) < 4.78 is 5.71. The molecule has 0 spiro atoms. The average molecular weight is 337 g/mol. The third-order valence-electron chi connectivity index (χ3n) is 4.90. The van der Waals surface area contributed by atoms with Gasteiger partial charge in [-0.3, -0.25) is 4.79 Å². The van der Waals surface area contributed by atoms with Crippen molar-refractivity contribution in [2.45, 2.75) is 45.6 Å². The van der Waals surface area contributed by atoms with Gasteiger partial charge in [0, 0.05) is 30.1 Å². The van der Waals surface area contributed by atoms with Gasteiger partial charge in [0.25, 0.3) is 0 Å². The summed E-state index contributed by atoms with van der Waals surface area (Å²) in [7, 11) is 0. The monoisotopic (exact) mass is 336 g/mol. The number of amides is 1. The van der Waals surface area contributed by atoms with Crippen LogP contribution in [0.5, 0.6) is 0 Å². The van der Waals surface area contributed by atoms with E-state index in [-0.39, 0.29) is 24.4 Å². The van der Waals surface area contributed by atoms with E-state index in [1.807, 2.05) is 4.90 Å². The van der Waals surface area contributed by atoms with Gasteiger partial charge < -0.3 is 15.1 Å². The van der Waals surface area contributed by atoms with E-state index in [9.17, 15) is 4.79 Å². The van der Waals surface area contributed by atoms with E-state index in [0.29, 0.717) is 13.0 Å². The van der Waals surface area contributed by atoms with Crippen molar-refractivity contribution in [3.8, 4) is 0 Å². The molecule has 1 amide bonds. The average Bonchev–Trinajstić information content (AvgIpc) is 2.94. The van der Waals surface area contributed by atoms with E-state index < -0.39 is 0 Å². The molecule has 0 radical (unpaired) electrons. The smallest absolute Gasteiger partial charge is 0.227 e. The Labute approximate surface area is 143 Å². The van der Waals surface area contributed by atoms with Gasteiger partial charge >= 0.3 is 0 Å². The van der Waals surface area contributed by atoms with Gasteiger partial charge in [-0.25, -0.2) is 0 Å². The van der Waals surface area contributed by atoms with Crippen LogP contribution in [0.25, 0.3) is 11.0 Å². The van der Waals surface area contributed by atoms with Gasteiger partial charge in [0.05, 0.1) is 12.7 Å². The minimum atomic E-state index is 0. The van der Waals surface area contributed by atoms with Crippen molar-refractivity contribution >= 4 is 29.3 Å². The molecule has 0 aliphatic carbocycles. The van der Waals surface area contributed by atoms with Gasteiger partial charge in [0.2, 0.25) is 5.91 Å². The van der Waals surface area contributed by atoms with Crippen LogP contribution in [0.3, 0.4) is 0 Å². The number of nitrogens with zero attached hydrogens (tertiary/aromatic N) is 1. The fraction of sp³-hybridized carbons (Fsp3) is 0.500. The van der Waals surface area contributed by atoms with Gasteiger partial charge in [-0.1, -0.05) is 12.1 Å². The molecule has 1 aromatic carbocycles. The molecule has 4 nitrogen and oxygen atoms in total. The Kier molecular flexibility index (Phi) is 5.71. The van der Waals surface area contributed by atoms with Crippen LogP contribution in [0.15, 0.2) is 22.8 Å². The molecular weight excluding hydrogens is 312 g/mol. The minimum absolute atomic E-state index is 0. The molecule has 1 aliphatic rings. The first-order valence-electron chi connectivity index (χ1n) is 8.07. The zero-order chi connectivity index (χ0) is 15.7. The van der Waals surface area contributed by atoms with Gasteiger partial charge in [-0.15, -0.1) is 12.4 Å². The fourth-order valence-corrected chi connectivity index (χ4v) is 3.36. The summed E-state index contributed by atoms with van der Waals surface area (Å²) in [6.07, 6.45) is 5.39. The summed E-state index contributed by atoms with van der Waals surface area (Å²) in [5.74, 6) is 0.163. The Balaban J connectivity index is 0.00000192. The number of piperidine rings is 1. The standard InChI is InChI=1S/C18H24N2O2.ClH/c1-12-6-7-16-14(11-22-18(16)13(12)2)9-17(21)20-8-4-3-5-15(20)10-19;/h6-7,11,15H,3-5,8-10,19H2,1-2H3;1H. The molecule has 1 atom stereocenters. The number of fused-ring (bicyclic) bond motifs is 1. The molecule has 1 saturated heterocycles. The van der Waals surface area contributed by atoms with E-state index in [1.165, 1.54) is 12.0 Å². The lowest BCUT2D eigenvalue weighted by molar-refractivity contribution is -0.133. The molecule has 1 aliphatic heterocycles. The SMILES string of the molecule is Cc1ccc2c(CC(=O)N3CCCCC3CN)coc2c1C.Cl. The minimum Gasteiger partial charge on any atom is -0.464 e. The van der Waals surface area contributed by atoms with Crippen LogP contribution in [0.2, 0.25) is 0 Å². The number of hydrogen-bond acceptors (Lipinski definition) is 3. The number of hydrogen-bond donors (Lipinski definition) is 1. The van der Waals surface area contributed by atoms with Crippen molar-refractivity contribution in [3.05, 3.63) is 35.1 Å².